The fraction of sp³-hybridized carbons (Fsp3) is 0.590. The molecule has 52 heavy (non-hydrogen) atoms. The Morgan fingerprint density at radius 2 is 1.35 bits per heavy atom. The highest BCUT2D eigenvalue weighted by Crippen LogP contribution is 2.41. The van der Waals surface area contributed by atoms with E-state index < -0.39 is 17.5 Å². The number of rotatable bonds is 6. The van der Waals surface area contributed by atoms with Crippen LogP contribution in [-0.2, 0) is 4.74 Å². The fourth-order valence-corrected chi connectivity index (χ4v) is 7.69. The third-order valence-electron chi connectivity index (χ3n) is 10.7. The molecule has 3 heterocycles. The molecule has 2 aromatic carbocycles. The third-order valence-corrected chi connectivity index (χ3v) is 10.7. The predicted octanol–water partition coefficient (Wildman–Crippen LogP) is 5.91. The highest BCUT2D eigenvalue weighted by atomic mass is 19.1. The molecule has 3 saturated heterocycles. The lowest BCUT2D eigenvalue weighted by Gasteiger charge is -2.36. The van der Waals surface area contributed by atoms with E-state index >= 15 is 0 Å². The van der Waals surface area contributed by atoms with Crippen molar-refractivity contribution >= 4 is 29.7 Å². The largest absolute Gasteiger partial charge is 0.488 e. The van der Waals surface area contributed by atoms with Crippen LogP contribution >= 0.6 is 0 Å². The standard InChI is InChI=1S/C39H52FN5O7/c1-26-5-7-27(8-6-26)33-23-28(9-10-34(33)51-32-11-12-45(25-32)38(50)52-39(2,3)4)35(46)42-15-17-43(18-16-42)36(47)29-21-30(40)24-31(22-29)41-13-19-44(20-14-41)37(48)49/h9-10,21-24,26-27,32H,5-8,11-20,25H2,1-4H3,(H,48,49). The summed E-state index contributed by atoms with van der Waals surface area (Å²) in [6, 6.07) is 9.97. The lowest BCUT2D eigenvalue weighted by Crippen LogP contribution is -2.50. The van der Waals surface area contributed by atoms with Crippen molar-refractivity contribution in [3.63, 3.8) is 0 Å². The van der Waals surface area contributed by atoms with Crippen molar-refractivity contribution in [2.24, 2.45) is 5.92 Å². The number of amides is 4. The summed E-state index contributed by atoms with van der Waals surface area (Å²) in [6.07, 6.45) is 3.48. The minimum absolute atomic E-state index is 0.102. The molecule has 4 aliphatic rings. The molecule has 1 unspecified atom stereocenters. The van der Waals surface area contributed by atoms with Gasteiger partial charge in [0.05, 0.1) is 6.54 Å². The van der Waals surface area contributed by atoms with Crippen LogP contribution in [0, 0.1) is 11.7 Å². The summed E-state index contributed by atoms with van der Waals surface area (Å²) in [5, 5.41) is 9.25. The van der Waals surface area contributed by atoms with Crippen LogP contribution in [0.1, 0.15) is 92.0 Å². The number of anilines is 1. The van der Waals surface area contributed by atoms with Crippen molar-refractivity contribution in [2.75, 3.05) is 70.3 Å². The number of carbonyl (C=O) groups is 4. The number of hydrogen-bond acceptors (Lipinski definition) is 7. The maximum Gasteiger partial charge on any atom is 0.410 e. The minimum atomic E-state index is -0.980. The van der Waals surface area contributed by atoms with Gasteiger partial charge in [-0.1, -0.05) is 19.8 Å². The van der Waals surface area contributed by atoms with Crippen LogP contribution in [0.5, 0.6) is 5.75 Å². The van der Waals surface area contributed by atoms with E-state index in [-0.39, 0.29) is 35.5 Å². The summed E-state index contributed by atoms with van der Waals surface area (Å²) >= 11 is 0. The molecule has 1 N–H and O–H groups in total. The Morgan fingerprint density at radius 3 is 1.96 bits per heavy atom. The van der Waals surface area contributed by atoms with Crippen LogP contribution in [0.4, 0.5) is 19.7 Å². The van der Waals surface area contributed by atoms with Gasteiger partial charge < -0.3 is 39.1 Å². The monoisotopic (exact) mass is 721 g/mol. The lowest BCUT2D eigenvalue weighted by molar-refractivity contribution is 0.0275. The number of carbonyl (C=O) groups excluding carboxylic acids is 3. The highest BCUT2D eigenvalue weighted by molar-refractivity contribution is 5.97. The number of carboxylic acid groups (broad SMARTS) is 1. The van der Waals surface area contributed by atoms with Crippen molar-refractivity contribution in [3.8, 4) is 5.75 Å². The van der Waals surface area contributed by atoms with Crippen LogP contribution in [0.2, 0.25) is 0 Å². The van der Waals surface area contributed by atoms with Crippen LogP contribution in [0.15, 0.2) is 36.4 Å². The molecular weight excluding hydrogens is 669 g/mol. The first-order chi connectivity index (χ1) is 24.7. The van der Waals surface area contributed by atoms with Gasteiger partial charge in [0.15, 0.2) is 0 Å². The molecule has 282 valence electrons. The zero-order valence-electron chi connectivity index (χ0n) is 30.8. The number of piperazine rings is 2. The van der Waals surface area contributed by atoms with Gasteiger partial charge in [0.25, 0.3) is 11.8 Å². The summed E-state index contributed by atoms with van der Waals surface area (Å²) in [5.41, 5.74) is 1.83. The maximum absolute atomic E-state index is 14.7. The third kappa shape index (κ3) is 8.90. The van der Waals surface area contributed by atoms with E-state index in [0.717, 1.165) is 37.0 Å². The highest BCUT2D eigenvalue weighted by Gasteiger charge is 2.33. The van der Waals surface area contributed by atoms with Crippen molar-refractivity contribution in [1.82, 2.24) is 19.6 Å². The Kier molecular flexibility index (Phi) is 11.2. The Morgan fingerprint density at radius 1 is 0.731 bits per heavy atom. The maximum atomic E-state index is 14.7. The average Bonchev–Trinajstić information content (AvgIpc) is 3.59. The molecule has 6 rings (SSSR count). The fourth-order valence-electron chi connectivity index (χ4n) is 7.69. The smallest absolute Gasteiger partial charge is 0.410 e. The number of halogens is 1. The molecule has 2 aromatic rings. The lowest BCUT2D eigenvalue weighted by atomic mass is 9.79. The number of benzene rings is 2. The van der Waals surface area contributed by atoms with Crippen molar-refractivity contribution in [1.29, 1.82) is 0 Å². The van der Waals surface area contributed by atoms with E-state index in [1.165, 1.54) is 17.0 Å². The van der Waals surface area contributed by atoms with Crippen LogP contribution < -0.4 is 9.64 Å². The first-order valence-electron chi connectivity index (χ1n) is 18.6. The molecule has 0 aromatic heterocycles. The van der Waals surface area contributed by atoms with E-state index in [1.807, 2.05) is 43.9 Å². The first-order valence-corrected chi connectivity index (χ1v) is 18.6. The Bertz CT molecular complexity index is 1640. The van der Waals surface area contributed by atoms with E-state index in [4.69, 9.17) is 9.47 Å². The van der Waals surface area contributed by atoms with Gasteiger partial charge >= 0.3 is 12.2 Å². The summed E-state index contributed by atoms with van der Waals surface area (Å²) < 4.78 is 26.8. The van der Waals surface area contributed by atoms with Gasteiger partial charge in [0.2, 0.25) is 0 Å². The zero-order chi connectivity index (χ0) is 37.2. The van der Waals surface area contributed by atoms with E-state index in [0.29, 0.717) is 89.0 Å². The topological polar surface area (TPSA) is 123 Å². The van der Waals surface area contributed by atoms with Crippen molar-refractivity contribution < 1.29 is 38.1 Å². The van der Waals surface area contributed by atoms with Crippen LogP contribution in [0.25, 0.3) is 0 Å². The molecule has 0 bridgehead atoms. The van der Waals surface area contributed by atoms with Crippen molar-refractivity contribution in [2.45, 2.75) is 77.4 Å². The summed E-state index contributed by atoms with van der Waals surface area (Å²) in [6.45, 7) is 11.6. The van der Waals surface area contributed by atoms with E-state index in [1.54, 1.807) is 20.8 Å². The Hall–Kier alpha value is -4.55. The van der Waals surface area contributed by atoms with Crippen molar-refractivity contribution in [3.05, 3.63) is 58.9 Å². The van der Waals surface area contributed by atoms with Gasteiger partial charge in [-0.3, -0.25) is 9.59 Å². The summed E-state index contributed by atoms with van der Waals surface area (Å²) in [5.74, 6) is 0.767. The number of nitrogens with zero attached hydrogens (tertiary/aromatic N) is 5. The Labute approximate surface area is 305 Å². The van der Waals surface area contributed by atoms with Gasteiger partial charge in [-0.15, -0.1) is 0 Å². The van der Waals surface area contributed by atoms with Gasteiger partial charge in [0, 0.05) is 82.1 Å². The zero-order valence-corrected chi connectivity index (χ0v) is 30.8. The molecule has 1 saturated carbocycles. The SMILES string of the molecule is CC1CCC(c2cc(C(=O)N3CCN(C(=O)c4cc(F)cc(N5CCN(C(=O)O)CC5)c4)CC3)ccc2OC2CCN(C(=O)OC(C)(C)C)C2)CC1. The molecule has 1 atom stereocenters. The van der Waals surface area contributed by atoms with Gasteiger partial charge in [-0.25, -0.2) is 14.0 Å². The molecule has 12 nitrogen and oxygen atoms in total. The Balaban J connectivity index is 1.10. The molecular formula is C39H52FN5O7. The summed E-state index contributed by atoms with van der Waals surface area (Å²) in [4.78, 5) is 59.7. The summed E-state index contributed by atoms with van der Waals surface area (Å²) in [7, 11) is 0. The normalized spacial score (nSPS) is 22.7. The molecule has 3 aliphatic heterocycles. The molecule has 0 spiro atoms. The molecule has 0 radical (unpaired) electrons. The second-order valence-corrected chi connectivity index (χ2v) is 15.7. The molecule has 4 fully saturated rings. The molecule has 1 aliphatic carbocycles. The quantitative estimate of drug-likeness (QED) is 0.391. The van der Waals surface area contributed by atoms with E-state index in [2.05, 4.69) is 6.92 Å². The predicted molar refractivity (Wildman–Crippen MR) is 194 cm³/mol. The van der Waals surface area contributed by atoms with Gasteiger partial charge in [-0.2, -0.15) is 0 Å². The average molecular weight is 722 g/mol. The van der Waals surface area contributed by atoms with Crippen LogP contribution in [-0.4, -0.2) is 126 Å². The number of ether oxygens (including phenoxy) is 2. The second kappa shape index (κ2) is 15.6. The second-order valence-electron chi connectivity index (χ2n) is 15.7. The molecule has 13 heteroatoms. The molecule has 4 amide bonds. The van der Waals surface area contributed by atoms with Crippen LogP contribution in [0.3, 0.4) is 0 Å². The minimum Gasteiger partial charge on any atom is -0.488 e. The first kappa shape index (κ1) is 37.2. The van der Waals surface area contributed by atoms with E-state index in [9.17, 15) is 28.7 Å². The number of hydrogen-bond donors (Lipinski definition) is 1. The van der Waals surface area contributed by atoms with Gasteiger partial charge in [0.1, 0.15) is 23.3 Å². The number of likely N-dealkylation sites (tertiary alicyclic amines) is 1. The van der Waals surface area contributed by atoms with Gasteiger partial charge in [-0.05, 0) is 87.4 Å².